The predicted molar refractivity (Wildman–Crippen MR) is 625 cm³/mol. The first-order chi connectivity index (χ1) is 72.2. The average Bonchev–Trinajstić information content (AvgIpc) is 1.66. The zero-order valence-electron chi connectivity index (χ0n) is 81.5. The molecule has 0 saturated heterocycles. The highest BCUT2D eigenvalue weighted by atomic mass is 15.1. The van der Waals surface area contributed by atoms with Crippen LogP contribution in [0.25, 0.3) is 197 Å². The van der Waals surface area contributed by atoms with Gasteiger partial charge in [0.25, 0.3) is 0 Å². The fourth-order valence-electron chi connectivity index (χ4n) is 22.3. The Balaban J connectivity index is 0.000000102. The number of hydrogen-bond donors (Lipinski definition) is 0. The molecule has 4 aromatic heterocycles. The molecule has 0 amide bonds. The summed E-state index contributed by atoms with van der Waals surface area (Å²) in [5.74, 6) is 0. The largest absolute Gasteiger partial charge is 0.344 e. The predicted octanol–water partition coefficient (Wildman–Crippen LogP) is 37.0. The van der Waals surface area contributed by atoms with E-state index in [9.17, 15) is 0 Å². The summed E-state index contributed by atoms with van der Waals surface area (Å²) in [6.07, 6.45) is 0. The third-order valence-corrected chi connectivity index (χ3v) is 29.4. The molecule has 24 aromatic carbocycles. The zero-order valence-corrected chi connectivity index (χ0v) is 81.5. The number of aromatic nitrogens is 4. The topological polar surface area (TPSA) is 32.7 Å². The van der Waals surface area contributed by atoms with Crippen molar-refractivity contribution >= 4 is 187 Å². The van der Waals surface area contributed by atoms with Gasteiger partial charge in [0.15, 0.2) is 0 Å². The molecule has 694 valence electrons. The summed E-state index contributed by atoms with van der Waals surface area (Å²) in [7, 11) is 8.64. The van der Waals surface area contributed by atoms with E-state index >= 15 is 0 Å². The third kappa shape index (κ3) is 15.9. The summed E-state index contributed by atoms with van der Waals surface area (Å²) < 4.78 is 9.64. The Kier molecular flexibility index (Phi) is 23.1. The molecule has 0 aliphatic carbocycles. The summed E-state index contributed by atoms with van der Waals surface area (Å²) >= 11 is 0. The number of fused-ring (bicyclic) bond motifs is 17. The van der Waals surface area contributed by atoms with Gasteiger partial charge < -0.3 is 37.9 Å². The number of benzene rings is 24. The number of hydrogen-bond acceptors (Lipinski definition) is 4. The lowest BCUT2D eigenvalue weighted by molar-refractivity contribution is 1.18. The maximum Gasteiger partial charge on any atom is 0.0542 e. The number of anilines is 8. The molecule has 146 heavy (non-hydrogen) atoms. The van der Waals surface area contributed by atoms with Crippen molar-refractivity contribution in [3.63, 3.8) is 0 Å². The molecule has 0 radical (unpaired) electrons. The second-order valence-corrected chi connectivity index (χ2v) is 37.6. The Hall–Kier alpha value is -19.0. The summed E-state index contributed by atoms with van der Waals surface area (Å²) in [5, 5.41) is 22.6. The fourth-order valence-corrected chi connectivity index (χ4v) is 22.3. The van der Waals surface area contributed by atoms with Crippen molar-refractivity contribution in [1.82, 2.24) is 18.3 Å². The maximum absolute atomic E-state index is 2.41. The van der Waals surface area contributed by atoms with Gasteiger partial charge in [-0.1, -0.05) is 406 Å². The molecular formula is C138H102N8. The minimum atomic E-state index is 1.16. The number of para-hydroxylation sites is 9. The van der Waals surface area contributed by atoms with Crippen LogP contribution in [0.3, 0.4) is 0 Å². The zero-order chi connectivity index (χ0) is 97.7. The van der Waals surface area contributed by atoms with Gasteiger partial charge in [-0.3, -0.25) is 0 Å². The number of nitrogens with zero attached hydrogens (tertiary/aromatic N) is 8. The molecular weight excluding hydrogens is 1770 g/mol. The quantitative estimate of drug-likeness (QED) is 0.102. The maximum atomic E-state index is 2.41. The standard InChI is InChI=1S/3C35H26N2.C33H24N2/c1-36(31-20-10-7-15-26(31)25-13-3-2-4-14-25)32-23-24-35(28-17-6-5-16-27(28)32)37-33-21-11-8-18-29(33)30-19-9-12-22-34(30)37;1-36(27-15-11-14-26(24-27)25-12-3-2-4-13-25)32-22-23-35(29-17-6-5-16-28(29)32)37-33-20-9-7-18-30(33)31-19-8-10-21-34(31)37;1-36(27-21-19-26(20-22-27)25-11-3-2-4-12-25)32-23-24-35(29-14-6-5-13-28(29)32)37-33-17-9-7-15-30(33)31-16-8-10-18-34(31)37;1-34(25-19-18-23-10-2-3-11-24(23)22-25)30-20-21-33(27-13-5-4-12-26(27)30)35-31-16-8-6-14-28(31)29-15-7-9-17-32(29)35/h3*2-24H,1H3;2-22H,1H3. The average molecular weight is 1870 g/mol. The van der Waals surface area contributed by atoms with E-state index in [1.165, 1.54) is 231 Å². The van der Waals surface area contributed by atoms with Crippen LogP contribution in [0, 0.1) is 0 Å². The van der Waals surface area contributed by atoms with Crippen molar-refractivity contribution < 1.29 is 0 Å². The minimum absolute atomic E-state index is 1.16. The monoisotopic (exact) mass is 1870 g/mol. The van der Waals surface area contributed by atoms with Gasteiger partial charge in [0.1, 0.15) is 0 Å². The van der Waals surface area contributed by atoms with Crippen LogP contribution in [-0.4, -0.2) is 46.5 Å². The highest BCUT2D eigenvalue weighted by Gasteiger charge is 2.25. The van der Waals surface area contributed by atoms with Crippen LogP contribution in [0.5, 0.6) is 0 Å². The molecule has 4 heterocycles. The molecule has 0 aliphatic heterocycles. The summed E-state index contributed by atoms with van der Waals surface area (Å²) in [5.41, 5.74) is 31.4. The van der Waals surface area contributed by atoms with E-state index in [-0.39, 0.29) is 0 Å². The summed E-state index contributed by atoms with van der Waals surface area (Å²) in [4.78, 5) is 9.20. The van der Waals surface area contributed by atoms with Gasteiger partial charge in [-0.05, 0) is 178 Å². The molecule has 0 aliphatic rings. The van der Waals surface area contributed by atoms with Crippen molar-refractivity contribution in [2.45, 2.75) is 0 Å². The summed E-state index contributed by atoms with van der Waals surface area (Å²) in [6.45, 7) is 0. The Morgan fingerprint density at radius 2 is 0.370 bits per heavy atom. The van der Waals surface area contributed by atoms with E-state index in [1.807, 2.05) is 0 Å². The van der Waals surface area contributed by atoms with Crippen molar-refractivity contribution in [2.75, 3.05) is 47.8 Å². The van der Waals surface area contributed by atoms with E-state index < -0.39 is 0 Å². The first-order valence-corrected chi connectivity index (χ1v) is 50.1. The van der Waals surface area contributed by atoms with Crippen LogP contribution in [0.1, 0.15) is 0 Å². The molecule has 28 aromatic rings. The summed E-state index contributed by atoms with van der Waals surface area (Å²) in [6, 6.07) is 196. The van der Waals surface area contributed by atoms with Crippen LogP contribution in [0.15, 0.2) is 546 Å². The minimum Gasteiger partial charge on any atom is -0.344 e. The molecule has 0 unspecified atom stereocenters. The first-order valence-electron chi connectivity index (χ1n) is 50.1. The van der Waals surface area contributed by atoms with E-state index in [2.05, 4.69) is 612 Å². The molecule has 0 N–H and O–H groups in total. The lowest BCUT2D eigenvalue weighted by Crippen LogP contribution is -2.11. The van der Waals surface area contributed by atoms with Crippen LogP contribution in [0.4, 0.5) is 45.5 Å². The van der Waals surface area contributed by atoms with Gasteiger partial charge >= 0.3 is 0 Å². The highest BCUT2D eigenvalue weighted by Crippen LogP contribution is 2.48. The van der Waals surface area contributed by atoms with E-state index in [0.717, 1.165) is 11.4 Å². The van der Waals surface area contributed by atoms with Gasteiger partial charge in [0, 0.05) is 165 Å². The van der Waals surface area contributed by atoms with E-state index in [1.54, 1.807) is 0 Å². The lowest BCUT2D eigenvalue weighted by Gasteiger charge is -2.25. The van der Waals surface area contributed by atoms with Gasteiger partial charge in [-0.25, -0.2) is 0 Å². The molecule has 0 bridgehead atoms. The van der Waals surface area contributed by atoms with Crippen LogP contribution in [-0.2, 0) is 0 Å². The first kappa shape index (κ1) is 88.4. The molecule has 0 fully saturated rings. The Morgan fingerprint density at radius 3 is 0.719 bits per heavy atom. The van der Waals surface area contributed by atoms with Crippen molar-refractivity contribution in [2.24, 2.45) is 0 Å². The van der Waals surface area contributed by atoms with Gasteiger partial charge in [-0.2, -0.15) is 0 Å². The van der Waals surface area contributed by atoms with Crippen LogP contribution < -0.4 is 19.6 Å². The van der Waals surface area contributed by atoms with Gasteiger partial charge in [-0.15, -0.1) is 0 Å². The van der Waals surface area contributed by atoms with Crippen molar-refractivity contribution in [3.8, 4) is 56.1 Å². The van der Waals surface area contributed by atoms with Gasteiger partial charge in [0.2, 0.25) is 0 Å². The second-order valence-electron chi connectivity index (χ2n) is 37.6. The Bertz CT molecular complexity index is 9580. The molecule has 0 spiro atoms. The number of rotatable bonds is 15. The SMILES string of the molecule is CN(c1ccc(-c2ccccc2)cc1)c1ccc(-n2c3ccccc3c3ccccc32)c2ccccc12.CN(c1ccc2ccccc2c1)c1ccc(-n2c3ccccc3c3ccccc32)c2ccccc12.CN(c1cccc(-c2ccccc2)c1)c1ccc(-n2c3ccccc3c3ccccc32)c2ccccc12.CN(c1ccccc1-c1ccccc1)c1ccc(-n2c3ccccc3c3ccccc32)c2ccccc12. The van der Waals surface area contributed by atoms with Gasteiger partial charge in [0.05, 0.1) is 66.9 Å². The van der Waals surface area contributed by atoms with E-state index in [0.29, 0.717) is 0 Å². The molecule has 0 atom stereocenters. The lowest BCUT2D eigenvalue weighted by atomic mass is 10.0. The Labute approximate surface area is 848 Å². The molecule has 28 rings (SSSR count). The van der Waals surface area contributed by atoms with Crippen LogP contribution >= 0.6 is 0 Å². The molecule has 8 heteroatoms. The Morgan fingerprint density at radius 1 is 0.130 bits per heavy atom. The molecule has 8 nitrogen and oxygen atoms in total. The normalized spacial score (nSPS) is 11.4. The van der Waals surface area contributed by atoms with E-state index in [4.69, 9.17) is 0 Å². The molecule has 0 saturated carbocycles. The second kappa shape index (κ2) is 38.2. The third-order valence-electron chi connectivity index (χ3n) is 29.4. The van der Waals surface area contributed by atoms with Crippen molar-refractivity contribution in [3.05, 3.63) is 546 Å². The van der Waals surface area contributed by atoms with Crippen LogP contribution in [0.2, 0.25) is 0 Å². The smallest absolute Gasteiger partial charge is 0.0542 e. The fraction of sp³-hybridized carbons (Fsp3) is 0.0290. The highest BCUT2D eigenvalue weighted by molar-refractivity contribution is 6.17. The van der Waals surface area contributed by atoms with Crippen molar-refractivity contribution in [1.29, 1.82) is 0 Å².